The van der Waals surface area contributed by atoms with Gasteiger partial charge in [-0.3, -0.25) is 0 Å². The summed E-state index contributed by atoms with van der Waals surface area (Å²) in [6, 6.07) is 2.25. The number of thiophene rings is 1. The molecule has 12 heavy (non-hydrogen) atoms. The minimum absolute atomic E-state index is 0.698. The highest BCUT2D eigenvalue weighted by Gasteiger charge is 2.07. The molecule has 1 unspecified atom stereocenters. The number of hydrogen-bond acceptors (Lipinski definition) is 2. The largest absolute Gasteiger partial charge is 0.320 e. The molecular weight excluding hydrogens is 166 g/mol. The Hall–Kier alpha value is -0.340. The van der Waals surface area contributed by atoms with E-state index in [1.54, 1.807) is 0 Å². The second-order valence-corrected chi connectivity index (χ2v) is 4.35. The molecule has 0 aliphatic rings. The third kappa shape index (κ3) is 2.32. The topological polar surface area (TPSA) is 12.0 Å². The van der Waals surface area contributed by atoms with Gasteiger partial charge in [0.2, 0.25) is 0 Å². The van der Waals surface area contributed by atoms with Crippen LogP contribution in [0.15, 0.2) is 11.4 Å². The van der Waals surface area contributed by atoms with E-state index >= 15 is 0 Å². The summed E-state index contributed by atoms with van der Waals surface area (Å²) in [4.78, 5) is 1.47. The Morgan fingerprint density at radius 3 is 2.83 bits per heavy atom. The molecule has 0 saturated carbocycles. The SMILES string of the molecule is CNCCC(C)c1ccsc1C. The monoisotopic (exact) mass is 183 g/mol. The fraction of sp³-hybridized carbons (Fsp3) is 0.600. The van der Waals surface area contributed by atoms with Crippen LogP contribution in [0, 0.1) is 6.92 Å². The highest BCUT2D eigenvalue weighted by atomic mass is 32.1. The Morgan fingerprint density at radius 1 is 1.58 bits per heavy atom. The van der Waals surface area contributed by atoms with Gasteiger partial charge < -0.3 is 5.32 Å². The fourth-order valence-corrected chi connectivity index (χ4v) is 2.25. The first-order valence-corrected chi connectivity index (χ1v) is 5.32. The van der Waals surface area contributed by atoms with Crippen LogP contribution in [0.3, 0.4) is 0 Å². The summed E-state index contributed by atoms with van der Waals surface area (Å²) in [6.45, 7) is 5.61. The molecule has 1 atom stereocenters. The van der Waals surface area contributed by atoms with Crippen molar-refractivity contribution in [1.29, 1.82) is 0 Å². The van der Waals surface area contributed by atoms with Crippen LogP contribution in [0.25, 0.3) is 0 Å². The third-order valence-corrected chi connectivity index (χ3v) is 3.12. The molecule has 0 aliphatic carbocycles. The maximum absolute atomic E-state index is 3.18. The second kappa shape index (κ2) is 4.63. The molecule has 1 N–H and O–H groups in total. The molecule has 2 heteroatoms. The van der Waals surface area contributed by atoms with Crippen LogP contribution >= 0.6 is 11.3 Å². The third-order valence-electron chi connectivity index (χ3n) is 2.26. The van der Waals surface area contributed by atoms with Gasteiger partial charge in [0, 0.05) is 4.88 Å². The van der Waals surface area contributed by atoms with Crippen LogP contribution in [-0.4, -0.2) is 13.6 Å². The summed E-state index contributed by atoms with van der Waals surface area (Å²) in [5.74, 6) is 0.698. The van der Waals surface area contributed by atoms with Crippen molar-refractivity contribution in [1.82, 2.24) is 5.32 Å². The molecule has 0 bridgehead atoms. The summed E-state index contributed by atoms with van der Waals surface area (Å²) in [5.41, 5.74) is 1.52. The average Bonchev–Trinajstić information content (AvgIpc) is 2.47. The minimum Gasteiger partial charge on any atom is -0.320 e. The summed E-state index contributed by atoms with van der Waals surface area (Å²) >= 11 is 1.85. The number of rotatable bonds is 4. The van der Waals surface area contributed by atoms with Gasteiger partial charge in [-0.25, -0.2) is 0 Å². The molecular formula is C10H17NS. The van der Waals surface area contributed by atoms with Gasteiger partial charge in [-0.05, 0) is 49.9 Å². The van der Waals surface area contributed by atoms with Crippen LogP contribution in [0.5, 0.6) is 0 Å². The van der Waals surface area contributed by atoms with E-state index in [0.29, 0.717) is 5.92 Å². The molecule has 0 aromatic carbocycles. The van der Waals surface area contributed by atoms with E-state index in [1.165, 1.54) is 16.9 Å². The van der Waals surface area contributed by atoms with Crippen LogP contribution in [0.4, 0.5) is 0 Å². The van der Waals surface area contributed by atoms with E-state index < -0.39 is 0 Å². The first-order valence-electron chi connectivity index (χ1n) is 4.44. The zero-order valence-electron chi connectivity index (χ0n) is 8.05. The number of aryl methyl sites for hydroxylation is 1. The molecule has 68 valence electrons. The fourth-order valence-electron chi connectivity index (χ4n) is 1.42. The second-order valence-electron chi connectivity index (χ2n) is 3.23. The summed E-state index contributed by atoms with van der Waals surface area (Å²) in [6.07, 6.45) is 1.23. The molecule has 0 amide bonds. The molecule has 1 aromatic heterocycles. The zero-order valence-corrected chi connectivity index (χ0v) is 8.87. The number of nitrogens with one attached hydrogen (secondary N) is 1. The van der Waals surface area contributed by atoms with Crippen molar-refractivity contribution < 1.29 is 0 Å². The Morgan fingerprint density at radius 2 is 2.33 bits per heavy atom. The van der Waals surface area contributed by atoms with E-state index in [0.717, 1.165) is 6.54 Å². The predicted molar refractivity (Wildman–Crippen MR) is 56.0 cm³/mol. The lowest BCUT2D eigenvalue weighted by atomic mass is 9.99. The minimum atomic E-state index is 0.698. The quantitative estimate of drug-likeness (QED) is 0.757. The lowest BCUT2D eigenvalue weighted by Gasteiger charge is -2.10. The summed E-state index contributed by atoms with van der Waals surface area (Å²) in [7, 11) is 2.01. The van der Waals surface area contributed by atoms with Crippen molar-refractivity contribution in [3.8, 4) is 0 Å². The average molecular weight is 183 g/mol. The van der Waals surface area contributed by atoms with Crippen molar-refractivity contribution >= 4 is 11.3 Å². The van der Waals surface area contributed by atoms with Crippen LogP contribution in [0.1, 0.15) is 29.7 Å². The highest BCUT2D eigenvalue weighted by molar-refractivity contribution is 7.10. The molecule has 1 heterocycles. The zero-order chi connectivity index (χ0) is 8.97. The van der Waals surface area contributed by atoms with Gasteiger partial charge in [0.1, 0.15) is 0 Å². The van der Waals surface area contributed by atoms with Crippen molar-refractivity contribution in [2.75, 3.05) is 13.6 Å². The van der Waals surface area contributed by atoms with Gasteiger partial charge in [-0.15, -0.1) is 11.3 Å². The van der Waals surface area contributed by atoms with E-state index in [4.69, 9.17) is 0 Å². The lowest BCUT2D eigenvalue weighted by Crippen LogP contribution is -2.10. The van der Waals surface area contributed by atoms with E-state index in [9.17, 15) is 0 Å². The Kier molecular flexibility index (Phi) is 3.76. The smallest absolute Gasteiger partial charge is 0.00489 e. The van der Waals surface area contributed by atoms with Gasteiger partial charge in [-0.1, -0.05) is 6.92 Å². The van der Waals surface area contributed by atoms with Crippen molar-refractivity contribution in [3.63, 3.8) is 0 Å². The first-order chi connectivity index (χ1) is 5.75. The van der Waals surface area contributed by atoms with Crippen LogP contribution in [0.2, 0.25) is 0 Å². The van der Waals surface area contributed by atoms with Gasteiger partial charge >= 0.3 is 0 Å². The maximum atomic E-state index is 3.18. The molecule has 0 aliphatic heterocycles. The molecule has 1 nitrogen and oxygen atoms in total. The maximum Gasteiger partial charge on any atom is 0.00489 e. The normalized spacial score (nSPS) is 13.2. The van der Waals surface area contributed by atoms with Gasteiger partial charge in [0.15, 0.2) is 0 Å². The molecule has 0 fully saturated rings. The Balaban J connectivity index is 2.52. The van der Waals surface area contributed by atoms with Gasteiger partial charge in [0.05, 0.1) is 0 Å². The van der Waals surface area contributed by atoms with Crippen molar-refractivity contribution in [2.24, 2.45) is 0 Å². The van der Waals surface area contributed by atoms with Crippen LogP contribution < -0.4 is 5.32 Å². The van der Waals surface area contributed by atoms with Crippen molar-refractivity contribution in [3.05, 3.63) is 21.9 Å². The van der Waals surface area contributed by atoms with Crippen molar-refractivity contribution in [2.45, 2.75) is 26.2 Å². The summed E-state index contributed by atoms with van der Waals surface area (Å²) < 4.78 is 0. The van der Waals surface area contributed by atoms with E-state index in [2.05, 4.69) is 30.6 Å². The highest BCUT2D eigenvalue weighted by Crippen LogP contribution is 2.25. The Labute approximate surface area is 78.8 Å². The predicted octanol–water partition coefficient (Wildman–Crippen LogP) is 2.77. The molecule has 0 radical (unpaired) electrons. The van der Waals surface area contributed by atoms with Crippen LogP contribution in [-0.2, 0) is 0 Å². The lowest BCUT2D eigenvalue weighted by molar-refractivity contribution is 0.636. The van der Waals surface area contributed by atoms with E-state index in [1.807, 2.05) is 18.4 Å². The molecule has 0 saturated heterocycles. The van der Waals surface area contributed by atoms with E-state index in [-0.39, 0.29) is 0 Å². The molecule has 0 spiro atoms. The summed E-state index contributed by atoms with van der Waals surface area (Å²) in [5, 5.41) is 5.36. The molecule has 1 rings (SSSR count). The van der Waals surface area contributed by atoms with Gasteiger partial charge in [-0.2, -0.15) is 0 Å². The Bertz CT molecular complexity index is 229. The standard InChI is InChI=1S/C10H17NS/c1-8(4-6-11-3)10-5-7-12-9(10)2/h5,7-8,11H,4,6H2,1-3H3. The molecule has 1 aromatic rings. The van der Waals surface area contributed by atoms with Gasteiger partial charge in [0.25, 0.3) is 0 Å². The number of hydrogen-bond donors (Lipinski definition) is 1. The first kappa shape index (κ1) is 9.75.